The van der Waals surface area contributed by atoms with Crippen molar-refractivity contribution in [3.8, 4) is 6.07 Å². The molecule has 1 rings (SSSR count). The summed E-state index contributed by atoms with van der Waals surface area (Å²) in [6.45, 7) is 2.02. The SMILES string of the molecule is CCCC(C#N)C(O)c1ccsc1. The molecule has 1 aromatic heterocycles. The second kappa shape index (κ2) is 5.00. The Balaban J connectivity index is 2.66. The second-order valence-electron chi connectivity index (χ2n) is 3.03. The van der Waals surface area contributed by atoms with Crippen LogP contribution >= 0.6 is 11.3 Å². The monoisotopic (exact) mass is 195 g/mol. The molecule has 0 aromatic carbocycles. The van der Waals surface area contributed by atoms with E-state index in [1.165, 1.54) is 0 Å². The maximum absolute atomic E-state index is 9.78. The lowest BCUT2D eigenvalue weighted by atomic mass is 9.95. The van der Waals surface area contributed by atoms with Gasteiger partial charge in [-0.15, -0.1) is 0 Å². The average Bonchev–Trinajstić information content (AvgIpc) is 2.65. The maximum Gasteiger partial charge on any atom is 0.0956 e. The molecule has 1 N–H and O–H groups in total. The summed E-state index contributed by atoms with van der Waals surface area (Å²) in [4.78, 5) is 0. The van der Waals surface area contributed by atoms with E-state index in [1.807, 2.05) is 23.8 Å². The lowest BCUT2D eigenvalue weighted by Crippen LogP contribution is -2.09. The Morgan fingerprint density at radius 1 is 1.69 bits per heavy atom. The Bertz CT molecular complexity index is 276. The van der Waals surface area contributed by atoms with E-state index >= 15 is 0 Å². The molecule has 0 aliphatic heterocycles. The van der Waals surface area contributed by atoms with Gasteiger partial charge >= 0.3 is 0 Å². The van der Waals surface area contributed by atoms with Gasteiger partial charge in [-0.3, -0.25) is 0 Å². The number of nitriles is 1. The van der Waals surface area contributed by atoms with Gasteiger partial charge in [0.15, 0.2) is 0 Å². The predicted octanol–water partition coefficient (Wildman–Crippen LogP) is 2.72. The van der Waals surface area contributed by atoms with Gasteiger partial charge in [0.25, 0.3) is 0 Å². The number of nitrogens with zero attached hydrogens (tertiary/aromatic N) is 1. The molecule has 70 valence electrons. The number of aliphatic hydroxyl groups is 1. The van der Waals surface area contributed by atoms with Crippen molar-refractivity contribution in [2.24, 2.45) is 5.92 Å². The summed E-state index contributed by atoms with van der Waals surface area (Å²) in [5.74, 6) is -0.264. The Kier molecular flexibility index (Phi) is 3.94. The number of hydrogen-bond acceptors (Lipinski definition) is 3. The summed E-state index contributed by atoms with van der Waals surface area (Å²) in [5, 5.41) is 22.4. The Morgan fingerprint density at radius 2 is 2.46 bits per heavy atom. The summed E-state index contributed by atoms with van der Waals surface area (Å²) >= 11 is 1.54. The highest BCUT2D eigenvalue weighted by Crippen LogP contribution is 2.26. The smallest absolute Gasteiger partial charge is 0.0956 e. The first kappa shape index (κ1) is 10.2. The highest BCUT2D eigenvalue weighted by molar-refractivity contribution is 7.07. The summed E-state index contributed by atoms with van der Waals surface area (Å²) in [6.07, 6.45) is 1.07. The van der Waals surface area contributed by atoms with Crippen LogP contribution < -0.4 is 0 Å². The van der Waals surface area contributed by atoms with Gasteiger partial charge in [-0.1, -0.05) is 13.3 Å². The highest BCUT2D eigenvalue weighted by atomic mass is 32.1. The predicted molar refractivity (Wildman–Crippen MR) is 53.3 cm³/mol. The van der Waals surface area contributed by atoms with Gasteiger partial charge in [-0.05, 0) is 28.8 Å². The fraction of sp³-hybridized carbons (Fsp3) is 0.500. The topological polar surface area (TPSA) is 44.0 Å². The van der Waals surface area contributed by atoms with Crippen molar-refractivity contribution in [1.82, 2.24) is 0 Å². The molecule has 0 spiro atoms. The summed E-state index contributed by atoms with van der Waals surface area (Å²) in [7, 11) is 0. The van der Waals surface area contributed by atoms with Crippen molar-refractivity contribution in [2.75, 3.05) is 0 Å². The number of rotatable bonds is 4. The quantitative estimate of drug-likeness (QED) is 0.802. The lowest BCUT2D eigenvalue weighted by Gasteiger charge is -2.14. The fourth-order valence-electron chi connectivity index (χ4n) is 1.28. The molecule has 0 aliphatic rings. The molecule has 2 atom stereocenters. The molecule has 1 heterocycles. The third kappa shape index (κ3) is 2.55. The average molecular weight is 195 g/mol. The minimum Gasteiger partial charge on any atom is -0.387 e. The molecular weight excluding hydrogens is 182 g/mol. The molecule has 0 fully saturated rings. The molecule has 2 nitrogen and oxygen atoms in total. The normalized spacial score (nSPS) is 14.8. The van der Waals surface area contributed by atoms with E-state index in [4.69, 9.17) is 5.26 Å². The van der Waals surface area contributed by atoms with Crippen LogP contribution in [-0.2, 0) is 0 Å². The molecule has 0 saturated heterocycles. The number of hydrogen-bond donors (Lipinski definition) is 1. The first-order chi connectivity index (χ1) is 6.29. The fourth-order valence-corrected chi connectivity index (χ4v) is 1.97. The van der Waals surface area contributed by atoms with E-state index in [2.05, 4.69) is 6.07 Å². The number of thiophene rings is 1. The second-order valence-corrected chi connectivity index (χ2v) is 3.81. The zero-order chi connectivity index (χ0) is 9.68. The molecule has 0 radical (unpaired) electrons. The molecule has 0 amide bonds. The van der Waals surface area contributed by atoms with Gasteiger partial charge in [0.2, 0.25) is 0 Å². The van der Waals surface area contributed by atoms with Crippen molar-refractivity contribution in [3.63, 3.8) is 0 Å². The van der Waals surface area contributed by atoms with Crippen LogP contribution in [0.25, 0.3) is 0 Å². The first-order valence-electron chi connectivity index (χ1n) is 4.39. The van der Waals surface area contributed by atoms with Gasteiger partial charge in [-0.2, -0.15) is 16.6 Å². The summed E-state index contributed by atoms with van der Waals surface area (Å²) < 4.78 is 0. The molecule has 0 saturated carbocycles. The Morgan fingerprint density at radius 3 is 2.92 bits per heavy atom. The number of aliphatic hydroxyl groups excluding tert-OH is 1. The Labute approximate surface area is 82.4 Å². The van der Waals surface area contributed by atoms with Crippen molar-refractivity contribution in [1.29, 1.82) is 5.26 Å². The van der Waals surface area contributed by atoms with E-state index < -0.39 is 6.10 Å². The minimum atomic E-state index is -0.615. The molecule has 2 unspecified atom stereocenters. The van der Waals surface area contributed by atoms with E-state index in [0.717, 1.165) is 18.4 Å². The molecule has 3 heteroatoms. The Hall–Kier alpha value is -0.850. The van der Waals surface area contributed by atoms with Crippen LogP contribution in [0.15, 0.2) is 16.8 Å². The van der Waals surface area contributed by atoms with Crippen molar-refractivity contribution >= 4 is 11.3 Å². The third-order valence-electron chi connectivity index (χ3n) is 2.03. The highest BCUT2D eigenvalue weighted by Gasteiger charge is 2.19. The molecule has 0 aliphatic carbocycles. The van der Waals surface area contributed by atoms with E-state index in [9.17, 15) is 5.11 Å². The van der Waals surface area contributed by atoms with Crippen LogP contribution in [0, 0.1) is 17.2 Å². The molecule has 0 bridgehead atoms. The third-order valence-corrected chi connectivity index (χ3v) is 2.73. The van der Waals surface area contributed by atoms with E-state index in [1.54, 1.807) is 11.3 Å². The lowest BCUT2D eigenvalue weighted by molar-refractivity contribution is 0.130. The summed E-state index contributed by atoms with van der Waals surface area (Å²) in [5.41, 5.74) is 0.866. The molecule has 1 aromatic rings. The van der Waals surface area contributed by atoms with Crippen LogP contribution in [0.1, 0.15) is 31.4 Å². The minimum absolute atomic E-state index is 0.264. The van der Waals surface area contributed by atoms with Gasteiger partial charge in [0, 0.05) is 0 Å². The van der Waals surface area contributed by atoms with Crippen LogP contribution in [0.3, 0.4) is 0 Å². The van der Waals surface area contributed by atoms with E-state index in [0.29, 0.717) is 0 Å². The van der Waals surface area contributed by atoms with E-state index in [-0.39, 0.29) is 5.92 Å². The van der Waals surface area contributed by atoms with Crippen LogP contribution in [0.5, 0.6) is 0 Å². The maximum atomic E-state index is 9.78. The first-order valence-corrected chi connectivity index (χ1v) is 5.33. The van der Waals surface area contributed by atoms with Gasteiger partial charge in [-0.25, -0.2) is 0 Å². The molecular formula is C10H13NOS. The van der Waals surface area contributed by atoms with Crippen molar-refractivity contribution in [3.05, 3.63) is 22.4 Å². The zero-order valence-electron chi connectivity index (χ0n) is 7.60. The van der Waals surface area contributed by atoms with Gasteiger partial charge < -0.3 is 5.11 Å². The standard InChI is InChI=1S/C10H13NOS/c1-2-3-8(6-11)10(12)9-4-5-13-7-9/h4-5,7-8,10,12H,2-3H2,1H3. The zero-order valence-corrected chi connectivity index (χ0v) is 8.42. The largest absolute Gasteiger partial charge is 0.387 e. The van der Waals surface area contributed by atoms with Crippen LogP contribution in [0.4, 0.5) is 0 Å². The molecule has 13 heavy (non-hydrogen) atoms. The van der Waals surface area contributed by atoms with Crippen molar-refractivity contribution < 1.29 is 5.11 Å². The van der Waals surface area contributed by atoms with Gasteiger partial charge in [0.05, 0.1) is 18.1 Å². The van der Waals surface area contributed by atoms with Gasteiger partial charge in [0.1, 0.15) is 0 Å². The summed E-state index contributed by atoms with van der Waals surface area (Å²) in [6, 6.07) is 4.02. The van der Waals surface area contributed by atoms with Crippen LogP contribution in [-0.4, -0.2) is 5.11 Å². The van der Waals surface area contributed by atoms with Crippen LogP contribution in [0.2, 0.25) is 0 Å². The van der Waals surface area contributed by atoms with Crippen molar-refractivity contribution in [2.45, 2.75) is 25.9 Å².